The van der Waals surface area contributed by atoms with Gasteiger partial charge in [-0.2, -0.15) is 13.2 Å². The zero-order valence-electron chi connectivity index (χ0n) is 9.41. The van der Waals surface area contributed by atoms with Crippen molar-refractivity contribution in [3.05, 3.63) is 12.0 Å². The Hall–Kier alpha value is -0.740. The van der Waals surface area contributed by atoms with Gasteiger partial charge in [-0.3, -0.25) is 0 Å². The topological polar surface area (TPSA) is 74.8 Å². The standard InChI is InChI=1S/C8H12F3N3O2S2/c1-2-6-12-5-7(14-6)18(15,16)13-3-4-17-8(9,10)11/h5,13H,2-4H2,1H3,(H,12,14). The van der Waals surface area contributed by atoms with Gasteiger partial charge < -0.3 is 4.98 Å². The molecule has 0 saturated carbocycles. The molecule has 0 spiro atoms. The molecule has 0 saturated heterocycles. The number of aryl methyl sites for hydroxylation is 1. The molecule has 0 unspecified atom stereocenters. The Labute approximate surface area is 107 Å². The van der Waals surface area contributed by atoms with Gasteiger partial charge >= 0.3 is 5.51 Å². The highest BCUT2D eigenvalue weighted by Crippen LogP contribution is 2.29. The van der Waals surface area contributed by atoms with Gasteiger partial charge in [-0.25, -0.2) is 18.1 Å². The molecule has 0 fully saturated rings. The number of imidazole rings is 1. The van der Waals surface area contributed by atoms with Crippen molar-refractivity contribution in [2.24, 2.45) is 0 Å². The van der Waals surface area contributed by atoms with Crippen LogP contribution in [0.2, 0.25) is 0 Å². The van der Waals surface area contributed by atoms with Crippen LogP contribution in [0.25, 0.3) is 0 Å². The first-order valence-electron chi connectivity index (χ1n) is 4.99. The molecule has 104 valence electrons. The number of sulfonamides is 1. The second kappa shape index (κ2) is 5.93. The Morgan fingerprint density at radius 1 is 1.50 bits per heavy atom. The lowest BCUT2D eigenvalue weighted by Crippen LogP contribution is -2.27. The Bertz CT molecular complexity index is 484. The van der Waals surface area contributed by atoms with E-state index < -0.39 is 15.5 Å². The molecule has 1 aromatic heterocycles. The molecule has 1 heterocycles. The molecule has 0 aromatic carbocycles. The van der Waals surface area contributed by atoms with E-state index in [1.54, 1.807) is 6.92 Å². The van der Waals surface area contributed by atoms with Crippen molar-refractivity contribution in [3.8, 4) is 0 Å². The Morgan fingerprint density at radius 3 is 2.67 bits per heavy atom. The van der Waals surface area contributed by atoms with Crippen LogP contribution in [0.15, 0.2) is 11.2 Å². The summed E-state index contributed by atoms with van der Waals surface area (Å²) >= 11 is -0.274. The van der Waals surface area contributed by atoms with E-state index in [9.17, 15) is 21.6 Å². The second-order valence-corrected chi connectivity index (χ2v) is 6.13. The Morgan fingerprint density at radius 2 is 2.17 bits per heavy atom. The lowest BCUT2D eigenvalue weighted by molar-refractivity contribution is -0.0327. The molecular formula is C8H12F3N3O2S2. The van der Waals surface area contributed by atoms with Gasteiger partial charge in [-0.05, 0) is 11.8 Å². The Balaban J connectivity index is 2.50. The zero-order chi connectivity index (χ0) is 13.8. The summed E-state index contributed by atoms with van der Waals surface area (Å²) in [4.78, 5) is 6.38. The highest BCUT2D eigenvalue weighted by Gasteiger charge is 2.27. The number of nitrogens with zero attached hydrogens (tertiary/aromatic N) is 1. The molecule has 18 heavy (non-hydrogen) atoms. The van der Waals surface area contributed by atoms with Gasteiger partial charge in [0, 0.05) is 18.7 Å². The maximum Gasteiger partial charge on any atom is 0.441 e. The molecule has 0 aliphatic rings. The lowest BCUT2D eigenvalue weighted by atomic mass is 10.5. The predicted octanol–water partition coefficient (Wildman–Crippen LogP) is 1.50. The summed E-state index contributed by atoms with van der Waals surface area (Å²) in [6, 6.07) is 0. The fourth-order valence-electron chi connectivity index (χ4n) is 1.08. The molecule has 0 aliphatic heterocycles. The molecular weight excluding hydrogens is 291 g/mol. The highest BCUT2D eigenvalue weighted by molar-refractivity contribution is 8.00. The van der Waals surface area contributed by atoms with E-state index in [0.29, 0.717) is 12.2 Å². The number of H-pyrrole nitrogens is 1. The first kappa shape index (κ1) is 15.3. The minimum Gasteiger partial charge on any atom is -0.332 e. The SMILES string of the molecule is CCc1ncc(S(=O)(=O)NCCSC(F)(F)F)[nH]1. The number of rotatable bonds is 6. The van der Waals surface area contributed by atoms with Gasteiger partial charge in [0.25, 0.3) is 10.0 Å². The van der Waals surface area contributed by atoms with Crippen LogP contribution < -0.4 is 4.72 Å². The summed E-state index contributed by atoms with van der Waals surface area (Å²) in [5.74, 6) is 0.123. The van der Waals surface area contributed by atoms with Crippen molar-refractivity contribution in [2.45, 2.75) is 23.9 Å². The van der Waals surface area contributed by atoms with Crippen molar-refractivity contribution in [1.29, 1.82) is 0 Å². The van der Waals surface area contributed by atoms with Gasteiger partial charge in [0.1, 0.15) is 5.82 Å². The molecule has 0 aliphatic carbocycles. The molecule has 0 atom stereocenters. The number of aromatic nitrogens is 2. The number of halogens is 3. The van der Waals surface area contributed by atoms with Gasteiger partial charge in [0.2, 0.25) is 0 Å². The molecule has 0 amide bonds. The normalized spacial score (nSPS) is 12.9. The number of alkyl halides is 3. The van der Waals surface area contributed by atoms with E-state index in [-0.39, 0.29) is 29.1 Å². The summed E-state index contributed by atoms with van der Waals surface area (Å²) in [6.45, 7) is 1.50. The van der Waals surface area contributed by atoms with Crippen molar-refractivity contribution >= 4 is 21.8 Å². The summed E-state index contributed by atoms with van der Waals surface area (Å²) in [7, 11) is -3.82. The molecule has 10 heteroatoms. The summed E-state index contributed by atoms with van der Waals surface area (Å²) in [5, 5.41) is -0.142. The third kappa shape index (κ3) is 4.86. The van der Waals surface area contributed by atoms with Crippen molar-refractivity contribution < 1.29 is 21.6 Å². The number of hydrogen-bond donors (Lipinski definition) is 2. The molecule has 2 N–H and O–H groups in total. The molecule has 0 bridgehead atoms. The fraction of sp³-hybridized carbons (Fsp3) is 0.625. The van der Waals surface area contributed by atoms with Crippen LogP contribution in [0.3, 0.4) is 0 Å². The van der Waals surface area contributed by atoms with Crippen LogP contribution in [0.4, 0.5) is 13.2 Å². The second-order valence-electron chi connectivity index (χ2n) is 3.24. The first-order chi connectivity index (χ1) is 8.24. The molecule has 0 radical (unpaired) electrons. The molecule has 1 rings (SSSR count). The van der Waals surface area contributed by atoms with E-state index in [1.165, 1.54) is 0 Å². The van der Waals surface area contributed by atoms with Gasteiger partial charge in [-0.15, -0.1) is 0 Å². The van der Waals surface area contributed by atoms with Crippen molar-refractivity contribution in [2.75, 3.05) is 12.3 Å². The van der Waals surface area contributed by atoms with Crippen LogP contribution in [0.5, 0.6) is 0 Å². The van der Waals surface area contributed by atoms with Crippen molar-refractivity contribution in [3.63, 3.8) is 0 Å². The quantitative estimate of drug-likeness (QED) is 0.781. The largest absolute Gasteiger partial charge is 0.441 e. The predicted molar refractivity (Wildman–Crippen MR) is 61.7 cm³/mol. The smallest absolute Gasteiger partial charge is 0.332 e. The van der Waals surface area contributed by atoms with Crippen LogP contribution in [0, 0.1) is 0 Å². The van der Waals surface area contributed by atoms with Crippen LogP contribution in [-0.2, 0) is 16.4 Å². The summed E-state index contributed by atoms with van der Waals surface area (Å²) in [5.41, 5.74) is -4.35. The number of nitrogens with one attached hydrogen (secondary N) is 2. The average Bonchev–Trinajstić information content (AvgIpc) is 2.72. The van der Waals surface area contributed by atoms with Gasteiger partial charge in [0.05, 0.1) is 6.20 Å². The third-order valence-electron chi connectivity index (χ3n) is 1.89. The molecule has 5 nitrogen and oxygen atoms in total. The summed E-state index contributed by atoms with van der Waals surface area (Å²) < 4.78 is 60.7. The van der Waals surface area contributed by atoms with E-state index in [1.807, 2.05) is 0 Å². The highest BCUT2D eigenvalue weighted by atomic mass is 32.2. The number of thioether (sulfide) groups is 1. The molecule has 1 aromatic rings. The minimum atomic E-state index is -4.35. The van der Waals surface area contributed by atoms with Crippen LogP contribution in [0.1, 0.15) is 12.7 Å². The van der Waals surface area contributed by atoms with Crippen LogP contribution >= 0.6 is 11.8 Å². The first-order valence-corrected chi connectivity index (χ1v) is 7.45. The third-order valence-corrected chi connectivity index (χ3v) is 4.00. The van der Waals surface area contributed by atoms with E-state index in [2.05, 4.69) is 14.7 Å². The van der Waals surface area contributed by atoms with Gasteiger partial charge in [-0.1, -0.05) is 6.92 Å². The minimum absolute atomic E-state index is 0.142. The van der Waals surface area contributed by atoms with Crippen molar-refractivity contribution in [1.82, 2.24) is 14.7 Å². The monoisotopic (exact) mass is 303 g/mol. The number of hydrogen-bond acceptors (Lipinski definition) is 4. The van der Waals surface area contributed by atoms with Gasteiger partial charge in [0.15, 0.2) is 5.03 Å². The Kier molecular flexibility index (Phi) is 5.05. The van der Waals surface area contributed by atoms with E-state index >= 15 is 0 Å². The summed E-state index contributed by atoms with van der Waals surface area (Å²) in [6.07, 6.45) is 1.68. The maximum atomic E-state index is 11.8. The maximum absolute atomic E-state index is 11.8. The lowest BCUT2D eigenvalue weighted by Gasteiger charge is -2.06. The zero-order valence-corrected chi connectivity index (χ0v) is 11.0. The van der Waals surface area contributed by atoms with E-state index in [4.69, 9.17) is 0 Å². The fourth-order valence-corrected chi connectivity index (χ4v) is 2.61. The van der Waals surface area contributed by atoms with Crippen LogP contribution in [-0.4, -0.2) is 36.2 Å². The average molecular weight is 303 g/mol. The number of aromatic amines is 1. The van der Waals surface area contributed by atoms with E-state index in [0.717, 1.165) is 6.20 Å².